The monoisotopic (exact) mass is 450 g/mol. The number of carbonyl (C=O) groups excluding carboxylic acids is 1. The lowest BCUT2D eigenvalue weighted by molar-refractivity contribution is -0.145. The van der Waals surface area contributed by atoms with Crippen molar-refractivity contribution < 1.29 is 19.4 Å². The van der Waals surface area contributed by atoms with Gasteiger partial charge in [0.25, 0.3) is 0 Å². The zero-order valence-corrected chi connectivity index (χ0v) is 19.0. The van der Waals surface area contributed by atoms with E-state index in [2.05, 4.69) is 9.88 Å². The van der Waals surface area contributed by atoms with Crippen molar-refractivity contribution in [2.24, 2.45) is 0 Å². The molecule has 4 rings (SSSR count). The normalized spacial score (nSPS) is 15.9. The van der Waals surface area contributed by atoms with Crippen molar-refractivity contribution in [1.82, 2.24) is 19.7 Å². The van der Waals surface area contributed by atoms with Gasteiger partial charge < -0.3 is 19.7 Å². The highest BCUT2D eigenvalue weighted by molar-refractivity contribution is 5.90. The van der Waals surface area contributed by atoms with Crippen molar-refractivity contribution in [2.45, 2.75) is 12.6 Å². The minimum absolute atomic E-state index is 0.0536. The van der Waals surface area contributed by atoms with Gasteiger partial charge in [0, 0.05) is 62.9 Å². The van der Waals surface area contributed by atoms with E-state index in [0.717, 1.165) is 22.0 Å². The SMILES string of the molecule is CN(C)C(=O)CN1CCN([C@@H](C(=O)O)c2c[nH]c3ccc(OCc4ccccc4)cc23)CC1. The first-order valence-corrected chi connectivity index (χ1v) is 11.1. The molecule has 0 radical (unpaired) electrons. The second-order valence-corrected chi connectivity index (χ2v) is 8.57. The van der Waals surface area contributed by atoms with Gasteiger partial charge in [-0.3, -0.25) is 19.4 Å². The van der Waals surface area contributed by atoms with Crippen LogP contribution in [0.3, 0.4) is 0 Å². The number of hydrogen-bond donors (Lipinski definition) is 2. The molecule has 8 nitrogen and oxygen atoms in total. The zero-order chi connectivity index (χ0) is 23.4. The van der Waals surface area contributed by atoms with E-state index in [1.54, 1.807) is 25.2 Å². The molecule has 0 unspecified atom stereocenters. The number of H-pyrrole nitrogens is 1. The van der Waals surface area contributed by atoms with Crippen LogP contribution in [0.2, 0.25) is 0 Å². The summed E-state index contributed by atoms with van der Waals surface area (Å²) in [7, 11) is 3.49. The highest BCUT2D eigenvalue weighted by atomic mass is 16.5. The smallest absolute Gasteiger partial charge is 0.325 e. The molecule has 0 spiro atoms. The third-order valence-electron chi connectivity index (χ3n) is 6.09. The summed E-state index contributed by atoms with van der Waals surface area (Å²) in [6.07, 6.45) is 1.78. The Morgan fingerprint density at radius 1 is 1.09 bits per heavy atom. The number of ether oxygens (including phenoxy) is 1. The number of carbonyl (C=O) groups is 2. The number of benzene rings is 2. The maximum Gasteiger partial charge on any atom is 0.325 e. The third kappa shape index (κ3) is 5.35. The summed E-state index contributed by atoms with van der Waals surface area (Å²) in [5.74, 6) is -0.134. The van der Waals surface area contributed by atoms with Gasteiger partial charge in [-0.1, -0.05) is 30.3 Å². The van der Waals surface area contributed by atoms with E-state index in [0.29, 0.717) is 45.1 Å². The molecule has 1 saturated heterocycles. The fourth-order valence-corrected chi connectivity index (χ4v) is 4.18. The van der Waals surface area contributed by atoms with Crippen molar-refractivity contribution in [3.05, 3.63) is 65.9 Å². The molecule has 2 aromatic carbocycles. The number of fused-ring (bicyclic) bond motifs is 1. The van der Waals surface area contributed by atoms with Gasteiger partial charge >= 0.3 is 5.97 Å². The number of carboxylic acid groups (broad SMARTS) is 1. The van der Waals surface area contributed by atoms with E-state index < -0.39 is 12.0 Å². The first-order valence-electron chi connectivity index (χ1n) is 11.1. The Hall–Kier alpha value is -3.36. The number of hydrogen-bond acceptors (Lipinski definition) is 5. The molecule has 1 amide bonds. The number of piperazine rings is 1. The van der Waals surface area contributed by atoms with E-state index in [4.69, 9.17) is 4.74 Å². The lowest BCUT2D eigenvalue weighted by Gasteiger charge is -2.37. The van der Waals surface area contributed by atoms with Crippen LogP contribution in [0.25, 0.3) is 10.9 Å². The predicted molar refractivity (Wildman–Crippen MR) is 126 cm³/mol. The van der Waals surface area contributed by atoms with E-state index in [1.165, 1.54) is 0 Å². The third-order valence-corrected chi connectivity index (χ3v) is 6.09. The molecule has 1 aliphatic rings. The van der Waals surface area contributed by atoms with Gasteiger partial charge in [0.2, 0.25) is 5.91 Å². The Labute approximate surface area is 193 Å². The molecule has 0 saturated carbocycles. The molecular weight excluding hydrogens is 420 g/mol. The van der Waals surface area contributed by atoms with Crippen molar-refractivity contribution in [2.75, 3.05) is 46.8 Å². The average Bonchev–Trinajstić information content (AvgIpc) is 3.22. The second kappa shape index (κ2) is 10.1. The second-order valence-electron chi connectivity index (χ2n) is 8.57. The number of nitrogens with one attached hydrogen (secondary N) is 1. The molecule has 1 aliphatic heterocycles. The van der Waals surface area contributed by atoms with E-state index in [9.17, 15) is 14.7 Å². The van der Waals surface area contributed by atoms with Gasteiger partial charge in [-0.05, 0) is 23.8 Å². The number of aromatic amines is 1. The Morgan fingerprint density at radius 3 is 2.48 bits per heavy atom. The fourth-order valence-electron chi connectivity index (χ4n) is 4.18. The van der Waals surface area contributed by atoms with Gasteiger partial charge in [0.1, 0.15) is 18.4 Å². The van der Waals surface area contributed by atoms with Crippen LogP contribution in [0, 0.1) is 0 Å². The number of likely N-dealkylation sites (N-methyl/N-ethyl adjacent to an activating group) is 1. The molecule has 3 aromatic rings. The fraction of sp³-hybridized carbons (Fsp3) is 0.360. The van der Waals surface area contributed by atoms with Gasteiger partial charge in [-0.25, -0.2) is 0 Å². The minimum Gasteiger partial charge on any atom is -0.489 e. The van der Waals surface area contributed by atoms with Crippen molar-refractivity contribution in [3.63, 3.8) is 0 Å². The Morgan fingerprint density at radius 2 is 1.82 bits per heavy atom. The summed E-state index contributed by atoms with van der Waals surface area (Å²) in [5, 5.41) is 10.9. The van der Waals surface area contributed by atoms with Crippen LogP contribution in [-0.4, -0.2) is 83.5 Å². The maximum absolute atomic E-state index is 12.3. The van der Waals surface area contributed by atoms with Crippen LogP contribution in [0.5, 0.6) is 5.75 Å². The van der Waals surface area contributed by atoms with Gasteiger partial charge in [0.15, 0.2) is 0 Å². The molecule has 0 aliphatic carbocycles. The standard InChI is InChI=1S/C25H30N4O4/c1-27(2)23(30)16-28-10-12-29(13-11-28)24(25(31)32)21-15-26-22-9-8-19(14-20(21)22)33-17-18-6-4-3-5-7-18/h3-9,14-15,24,26H,10-13,16-17H2,1-2H3,(H,31,32)/t24-/m1/s1. The van der Waals surface area contributed by atoms with Crippen LogP contribution in [-0.2, 0) is 16.2 Å². The number of amides is 1. The molecule has 33 heavy (non-hydrogen) atoms. The molecule has 8 heteroatoms. The number of aliphatic carboxylic acids is 1. The topological polar surface area (TPSA) is 89.1 Å². The first-order chi connectivity index (χ1) is 15.9. The van der Waals surface area contributed by atoms with Crippen LogP contribution < -0.4 is 4.74 Å². The maximum atomic E-state index is 12.3. The van der Waals surface area contributed by atoms with Crippen LogP contribution in [0.15, 0.2) is 54.7 Å². The minimum atomic E-state index is -0.885. The molecule has 2 N–H and O–H groups in total. The van der Waals surface area contributed by atoms with Crippen LogP contribution >= 0.6 is 0 Å². The summed E-state index contributed by atoms with van der Waals surface area (Å²) in [5.41, 5.74) is 2.67. The molecule has 1 atom stereocenters. The average molecular weight is 451 g/mol. The number of aromatic nitrogens is 1. The van der Waals surface area contributed by atoms with E-state index in [-0.39, 0.29) is 5.91 Å². The number of rotatable bonds is 8. The van der Waals surface area contributed by atoms with Gasteiger partial charge in [-0.15, -0.1) is 0 Å². The molecule has 1 aromatic heterocycles. The lowest BCUT2D eigenvalue weighted by Crippen LogP contribution is -2.51. The number of nitrogens with zero attached hydrogens (tertiary/aromatic N) is 3. The van der Waals surface area contributed by atoms with Gasteiger partial charge in [-0.2, -0.15) is 0 Å². The molecule has 174 valence electrons. The molecular formula is C25H30N4O4. The van der Waals surface area contributed by atoms with Crippen molar-refractivity contribution in [3.8, 4) is 5.75 Å². The van der Waals surface area contributed by atoms with Crippen molar-refractivity contribution >= 4 is 22.8 Å². The Bertz CT molecular complexity index is 1100. The quantitative estimate of drug-likeness (QED) is 0.548. The van der Waals surface area contributed by atoms with Crippen molar-refractivity contribution in [1.29, 1.82) is 0 Å². The zero-order valence-electron chi connectivity index (χ0n) is 19.0. The van der Waals surface area contributed by atoms with Gasteiger partial charge in [0.05, 0.1) is 6.54 Å². The van der Waals surface area contributed by atoms with Crippen LogP contribution in [0.1, 0.15) is 17.2 Å². The summed E-state index contributed by atoms with van der Waals surface area (Å²) < 4.78 is 5.96. The number of carboxylic acids is 1. The summed E-state index contributed by atoms with van der Waals surface area (Å²) >= 11 is 0. The summed E-state index contributed by atoms with van der Waals surface area (Å²) in [6, 6.07) is 14.9. The Balaban J connectivity index is 1.49. The highest BCUT2D eigenvalue weighted by Crippen LogP contribution is 2.32. The first kappa shape index (κ1) is 22.8. The summed E-state index contributed by atoms with van der Waals surface area (Å²) in [6.45, 7) is 3.26. The van der Waals surface area contributed by atoms with Crippen LogP contribution in [0.4, 0.5) is 0 Å². The van der Waals surface area contributed by atoms with E-state index >= 15 is 0 Å². The highest BCUT2D eigenvalue weighted by Gasteiger charge is 2.32. The van der Waals surface area contributed by atoms with E-state index in [1.807, 2.05) is 53.4 Å². The molecule has 2 heterocycles. The predicted octanol–water partition coefficient (Wildman–Crippen LogP) is 2.58. The molecule has 0 bridgehead atoms. The Kier molecular flexibility index (Phi) is 6.96. The molecule has 1 fully saturated rings. The summed E-state index contributed by atoms with van der Waals surface area (Å²) in [4.78, 5) is 33.2. The largest absolute Gasteiger partial charge is 0.489 e. The lowest BCUT2D eigenvalue weighted by atomic mass is 10.0.